The van der Waals surface area contributed by atoms with Crippen molar-refractivity contribution in [3.63, 3.8) is 0 Å². The first-order valence-corrected chi connectivity index (χ1v) is 6.00. The summed E-state index contributed by atoms with van der Waals surface area (Å²) in [5, 5.41) is 2.71. The molecule has 1 N–H and O–H groups in total. The zero-order chi connectivity index (χ0) is 12.3. The Morgan fingerprint density at radius 3 is 2.82 bits per heavy atom. The number of anilines is 1. The lowest BCUT2D eigenvalue weighted by molar-refractivity contribution is 0.0995. The van der Waals surface area contributed by atoms with Gasteiger partial charge >= 0.3 is 0 Å². The van der Waals surface area contributed by atoms with E-state index in [2.05, 4.69) is 26.2 Å². The highest BCUT2D eigenvalue weighted by atomic mass is 79.9. The first-order valence-electron chi connectivity index (χ1n) is 5.20. The van der Waals surface area contributed by atoms with Crippen molar-refractivity contribution in [3.8, 4) is 0 Å². The first-order chi connectivity index (χ1) is 8.19. The molecule has 0 aromatic carbocycles. The average Bonchev–Trinajstić information content (AvgIpc) is 2.81. The molecule has 0 bridgehead atoms. The number of pyridine rings is 1. The van der Waals surface area contributed by atoms with E-state index in [1.165, 1.54) is 0 Å². The highest BCUT2D eigenvalue weighted by molar-refractivity contribution is 9.10. The summed E-state index contributed by atoms with van der Waals surface area (Å²) in [4.78, 5) is 15.8. The predicted octanol–water partition coefficient (Wildman–Crippen LogP) is 3.25. The Labute approximate surface area is 107 Å². The minimum Gasteiger partial charge on any atom is -0.456 e. The normalized spacial score (nSPS) is 10.2. The maximum absolute atomic E-state index is 11.8. The molecule has 2 rings (SSSR count). The molecule has 0 radical (unpaired) electrons. The number of nitrogens with zero attached hydrogens (tertiary/aromatic N) is 1. The quantitative estimate of drug-likeness (QED) is 0.884. The van der Waals surface area contributed by atoms with Gasteiger partial charge < -0.3 is 9.73 Å². The van der Waals surface area contributed by atoms with E-state index in [1.54, 1.807) is 30.5 Å². The minimum absolute atomic E-state index is 0.270. The van der Waals surface area contributed by atoms with Crippen molar-refractivity contribution in [2.75, 3.05) is 5.32 Å². The van der Waals surface area contributed by atoms with Gasteiger partial charge in [0, 0.05) is 6.42 Å². The van der Waals surface area contributed by atoms with E-state index < -0.39 is 0 Å². The van der Waals surface area contributed by atoms with E-state index in [4.69, 9.17) is 4.42 Å². The Balaban J connectivity index is 2.08. The highest BCUT2D eigenvalue weighted by Crippen LogP contribution is 2.13. The molecule has 0 fully saturated rings. The lowest BCUT2D eigenvalue weighted by Crippen LogP contribution is -2.10. The molecule has 17 heavy (non-hydrogen) atoms. The Morgan fingerprint density at radius 2 is 2.24 bits per heavy atom. The number of halogens is 1. The molecule has 0 unspecified atom stereocenters. The number of carbonyl (C=O) groups excluding carboxylic acids is 1. The number of hydrogen-bond donors (Lipinski definition) is 1. The van der Waals surface area contributed by atoms with Crippen molar-refractivity contribution in [2.24, 2.45) is 0 Å². The zero-order valence-electron chi connectivity index (χ0n) is 9.24. The van der Waals surface area contributed by atoms with E-state index in [9.17, 15) is 4.79 Å². The number of furan rings is 1. The SMILES string of the molecule is CCc1ccc(C(=O)Nc2ccc(Br)nc2)o1. The van der Waals surface area contributed by atoms with Crippen LogP contribution in [0.1, 0.15) is 23.2 Å². The van der Waals surface area contributed by atoms with Crippen molar-refractivity contribution in [1.82, 2.24) is 4.98 Å². The van der Waals surface area contributed by atoms with Gasteiger partial charge in [-0.1, -0.05) is 6.92 Å². The molecule has 0 aliphatic rings. The van der Waals surface area contributed by atoms with Gasteiger partial charge in [-0.3, -0.25) is 4.79 Å². The van der Waals surface area contributed by atoms with Crippen molar-refractivity contribution in [3.05, 3.63) is 46.6 Å². The molecule has 2 aromatic heterocycles. The standard InChI is InChI=1S/C12H11BrN2O2/c1-2-9-4-5-10(17-9)12(16)15-8-3-6-11(13)14-7-8/h3-7H,2H2,1H3,(H,15,16). The lowest BCUT2D eigenvalue weighted by Gasteiger charge is -2.02. The number of nitrogens with one attached hydrogen (secondary N) is 1. The number of carbonyl (C=O) groups is 1. The summed E-state index contributed by atoms with van der Waals surface area (Å²) in [7, 11) is 0. The third-order valence-corrected chi connectivity index (χ3v) is 2.69. The van der Waals surface area contributed by atoms with Gasteiger partial charge in [0.2, 0.25) is 0 Å². The van der Waals surface area contributed by atoms with Crippen LogP contribution in [0.4, 0.5) is 5.69 Å². The van der Waals surface area contributed by atoms with Crippen LogP contribution in [0, 0.1) is 0 Å². The lowest BCUT2D eigenvalue weighted by atomic mass is 10.3. The number of rotatable bonds is 3. The van der Waals surface area contributed by atoms with E-state index in [0.717, 1.165) is 16.8 Å². The highest BCUT2D eigenvalue weighted by Gasteiger charge is 2.10. The molecule has 4 nitrogen and oxygen atoms in total. The second-order valence-electron chi connectivity index (χ2n) is 3.44. The van der Waals surface area contributed by atoms with Crippen molar-refractivity contribution >= 4 is 27.5 Å². The third-order valence-electron chi connectivity index (χ3n) is 2.22. The number of aromatic nitrogens is 1. The Morgan fingerprint density at radius 1 is 1.41 bits per heavy atom. The first kappa shape index (κ1) is 11.9. The molecule has 1 amide bonds. The predicted molar refractivity (Wildman–Crippen MR) is 68.0 cm³/mol. The monoisotopic (exact) mass is 294 g/mol. The molecule has 5 heteroatoms. The Kier molecular flexibility index (Phi) is 3.58. The van der Waals surface area contributed by atoms with Gasteiger partial charge in [0.15, 0.2) is 5.76 Å². The van der Waals surface area contributed by atoms with Gasteiger partial charge in [0.1, 0.15) is 10.4 Å². The summed E-state index contributed by atoms with van der Waals surface area (Å²) in [6.07, 6.45) is 2.35. The van der Waals surface area contributed by atoms with Crippen molar-refractivity contribution < 1.29 is 9.21 Å². The average molecular weight is 295 g/mol. The maximum Gasteiger partial charge on any atom is 0.291 e. The van der Waals surface area contributed by atoms with E-state index in [0.29, 0.717) is 11.4 Å². The summed E-state index contributed by atoms with van der Waals surface area (Å²) >= 11 is 3.23. The zero-order valence-corrected chi connectivity index (χ0v) is 10.8. The molecule has 2 heterocycles. The van der Waals surface area contributed by atoms with Crippen LogP contribution < -0.4 is 5.32 Å². The molecular weight excluding hydrogens is 284 g/mol. The largest absolute Gasteiger partial charge is 0.456 e. The summed E-state index contributed by atoms with van der Waals surface area (Å²) < 4.78 is 6.07. The van der Waals surface area contributed by atoms with Crippen molar-refractivity contribution in [1.29, 1.82) is 0 Å². The molecule has 0 aliphatic carbocycles. The minimum atomic E-state index is -0.270. The van der Waals surface area contributed by atoms with E-state index >= 15 is 0 Å². The van der Waals surface area contributed by atoms with Gasteiger partial charge in [-0.05, 0) is 40.2 Å². The van der Waals surface area contributed by atoms with Crippen LogP contribution in [0.3, 0.4) is 0 Å². The van der Waals surface area contributed by atoms with Gasteiger partial charge in [-0.15, -0.1) is 0 Å². The van der Waals surface area contributed by atoms with E-state index in [-0.39, 0.29) is 5.91 Å². The number of aryl methyl sites for hydroxylation is 1. The fraction of sp³-hybridized carbons (Fsp3) is 0.167. The van der Waals surface area contributed by atoms with Crippen molar-refractivity contribution in [2.45, 2.75) is 13.3 Å². The van der Waals surface area contributed by atoms with Crippen LogP contribution in [0.5, 0.6) is 0 Å². The van der Waals surface area contributed by atoms with Crippen LogP contribution in [0.15, 0.2) is 39.5 Å². The maximum atomic E-state index is 11.8. The number of hydrogen-bond acceptors (Lipinski definition) is 3. The summed E-state index contributed by atoms with van der Waals surface area (Å²) in [5.74, 6) is 0.836. The molecule has 0 saturated carbocycles. The second kappa shape index (κ2) is 5.14. The molecule has 0 spiro atoms. The summed E-state index contributed by atoms with van der Waals surface area (Å²) in [5.41, 5.74) is 0.632. The smallest absolute Gasteiger partial charge is 0.291 e. The molecule has 88 valence electrons. The molecule has 2 aromatic rings. The van der Waals surface area contributed by atoms with Crippen LogP contribution in [-0.4, -0.2) is 10.9 Å². The summed E-state index contributed by atoms with van der Waals surface area (Å²) in [6.45, 7) is 1.97. The van der Waals surface area contributed by atoms with Gasteiger partial charge in [0.05, 0.1) is 11.9 Å². The molecule has 0 saturated heterocycles. The van der Waals surface area contributed by atoms with Crippen LogP contribution in [-0.2, 0) is 6.42 Å². The fourth-order valence-electron chi connectivity index (χ4n) is 1.33. The Bertz CT molecular complexity index is 520. The van der Waals surface area contributed by atoms with Crippen LogP contribution in [0.25, 0.3) is 0 Å². The van der Waals surface area contributed by atoms with Gasteiger partial charge in [-0.25, -0.2) is 4.98 Å². The number of amides is 1. The van der Waals surface area contributed by atoms with Crippen LogP contribution in [0.2, 0.25) is 0 Å². The molecule has 0 atom stereocenters. The summed E-state index contributed by atoms with van der Waals surface area (Å²) in [6, 6.07) is 6.99. The van der Waals surface area contributed by atoms with E-state index in [1.807, 2.05) is 6.92 Å². The fourth-order valence-corrected chi connectivity index (χ4v) is 1.57. The molecule has 0 aliphatic heterocycles. The Hall–Kier alpha value is -1.62. The van der Waals surface area contributed by atoms with Gasteiger partial charge in [-0.2, -0.15) is 0 Å². The van der Waals surface area contributed by atoms with Gasteiger partial charge in [0.25, 0.3) is 5.91 Å². The third kappa shape index (κ3) is 2.94. The molecular formula is C12H11BrN2O2. The van der Waals surface area contributed by atoms with Crippen LogP contribution >= 0.6 is 15.9 Å². The second-order valence-corrected chi connectivity index (χ2v) is 4.26. The topological polar surface area (TPSA) is 55.1 Å².